The van der Waals surface area contributed by atoms with Crippen LogP contribution in [0.25, 0.3) is 21.9 Å². The normalized spacial score (nSPS) is 10.8. The van der Waals surface area contributed by atoms with E-state index in [4.69, 9.17) is 0 Å². The SMILES string of the molecule is Brc1cc(-c2ccc3ccccc3c2)ccc1I. The van der Waals surface area contributed by atoms with Gasteiger partial charge >= 0.3 is 0 Å². The molecule has 3 rings (SSSR count). The van der Waals surface area contributed by atoms with E-state index in [0.29, 0.717) is 0 Å². The van der Waals surface area contributed by atoms with Gasteiger partial charge in [-0.05, 0) is 78.6 Å². The van der Waals surface area contributed by atoms with Crippen molar-refractivity contribution in [3.05, 3.63) is 68.7 Å². The third-order valence-corrected chi connectivity index (χ3v) is 5.34. The Balaban J connectivity index is 2.16. The first-order valence-electron chi connectivity index (χ1n) is 5.68. The fourth-order valence-corrected chi connectivity index (χ4v) is 2.76. The third kappa shape index (κ3) is 2.31. The first-order chi connectivity index (χ1) is 8.74. The Morgan fingerprint density at radius 1 is 0.722 bits per heavy atom. The predicted molar refractivity (Wildman–Crippen MR) is 89.8 cm³/mol. The monoisotopic (exact) mass is 408 g/mol. The molecular formula is C16H10BrI. The van der Waals surface area contributed by atoms with E-state index in [1.54, 1.807) is 0 Å². The van der Waals surface area contributed by atoms with Crippen molar-refractivity contribution < 1.29 is 0 Å². The maximum Gasteiger partial charge on any atom is 0.0315 e. The highest BCUT2D eigenvalue weighted by Gasteiger charge is 2.02. The van der Waals surface area contributed by atoms with Crippen molar-refractivity contribution in [2.24, 2.45) is 0 Å². The van der Waals surface area contributed by atoms with Gasteiger partial charge < -0.3 is 0 Å². The summed E-state index contributed by atoms with van der Waals surface area (Å²) in [6.07, 6.45) is 0. The molecule has 0 heterocycles. The second-order valence-electron chi connectivity index (χ2n) is 4.19. The number of hydrogen-bond donors (Lipinski definition) is 0. The first kappa shape index (κ1) is 12.2. The van der Waals surface area contributed by atoms with Crippen LogP contribution in [-0.2, 0) is 0 Å². The van der Waals surface area contributed by atoms with Gasteiger partial charge in [0.1, 0.15) is 0 Å². The zero-order valence-electron chi connectivity index (χ0n) is 9.53. The Bertz CT molecular complexity index is 719. The number of rotatable bonds is 1. The smallest absolute Gasteiger partial charge is 0.0315 e. The lowest BCUT2D eigenvalue weighted by Crippen LogP contribution is -1.81. The average molecular weight is 409 g/mol. The van der Waals surface area contributed by atoms with Gasteiger partial charge in [0.2, 0.25) is 0 Å². The minimum absolute atomic E-state index is 1.15. The summed E-state index contributed by atoms with van der Waals surface area (Å²) in [5.74, 6) is 0. The van der Waals surface area contributed by atoms with Crippen LogP contribution in [0, 0.1) is 3.57 Å². The molecule has 0 spiro atoms. The molecular weight excluding hydrogens is 399 g/mol. The molecule has 0 saturated carbocycles. The minimum atomic E-state index is 1.15. The van der Waals surface area contributed by atoms with Crippen LogP contribution >= 0.6 is 38.5 Å². The molecule has 0 fully saturated rings. The van der Waals surface area contributed by atoms with E-state index in [1.165, 1.54) is 25.5 Å². The fraction of sp³-hybridized carbons (Fsp3) is 0. The van der Waals surface area contributed by atoms with Gasteiger partial charge in [-0.15, -0.1) is 0 Å². The van der Waals surface area contributed by atoms with E-state index in [9.17, 15) is 0 Å². The zero-order valence-corrected chi connectivity index (χ0v) is 13.3. The van der Waals surface area contributed by atoms with Crippen molar-refractivity contribution in [3.8, 4) is 11.1 Å². The van der Waals surface area contributed by atoms with Gasteiger partial charge in [-0.1, -0.05) is 42.5 Å². The topological polar surface area (TPSA) is 0 Å². The Hall–Kier alpha value is -0.870. The Morgan fingerprint density at radius 3 is 2.17 bits per heavy atom. The molecule has 3 aromatic carbocycles. The summed E-state index contributed by atoms with van der Waals surface area (Å²) in [5.41, 5.74) is 2.50. The van der Waals surface area contributed by atoms with Gasteiger partial charge in [0.05, 0.1) is 0 Å². The van der Waals surface area contributed by atoms with Crippen LogP contribution in [0.1, 0.15) is 0 Å². The maximum atomic E-state index is 3.59. The van der Waals surface area contributed by atoms with Crippen molar-refractivity contribution in [2.45, 2.75) is 0 Å². The highest BCUT2D eigenvalue weighted by Crippen LogP contribution is 2.28. The molecule has 0 unspecified atom stereocenters. The number of benzene rings is 3. The molecule has 0 amide bonds. The van der Waals surface area contributed by atoms with Gasteiger partial charge in [-0.2, -0.15) is 0 Å². The molecule has 0 saturated heterocycles. The van der Waals surface area contributed by atoms with Gasteiger partial charge in [-0.3, -0.25) is 0 Å². The maximum absolute atomic E-state index is 3.59. The number of fused-ring (bicyclic) bond motifs is 1. The average Bonchev–Trinajstić information content (AvgIpc) is 2.41. The van der Waals surface area contributed by atoms with Crippen LogP contribution in [0.4, 0.5) is 0 Å². The molecule has 2 heteroatoms. The van der Waals surface area contributed by atoms with Crippen LogP contribution < -0.4 is 0 Å². The quantitative estimate of drug-likeness (QED) is 0.441. The summed E-state index contributed by atoms with van der Waals surface area (Å²) < 4.78 is 2.38. The summed E-state index contributed by atoms with van der Waals surface area (Å²) in [5, 5.41) is 2.57. The number of hydrogen-bond acceptors (Lipinski definition) is 0. The van der Waals surface area contributed by atoms with Gasteiger partial charge in [-0.25, -0.2) is 0 Å². The Labute approximate surface area is 128 Å². The van der Waals surface area contributed by atoms with Crippen LogP contribution in [-0.4, -0.2) is 0 Å². The molecule has 88 valence electrons. The van der Waals surface area contributed by atoms with Crippen molar-refractivity contribution in [3.63, 3.8) is 0 Å². The molecule has 0 nitrogen and oxygen atoms in total. The van der Waals surface area contributed by atoms with Crippen LogP contribution in [0.5, 0.6) is 0 Å². The van der Waals surface area contributed by atoms with Gasteiger partial charge in [0, 0.05) is 8.04 Å². The first-order valence-corrected chi connectivity index (χ1v) is 7.55. The standard InChI is InChI=1S/C16H10BrI/c17-15-10-14(7-8-16(15)18)13-6-5-11-3-1-2-4-12(11)9-13/h1-10H. The lowest BCUT2D eigenvalue weighted by Gasteiger charge is -2.05. The zero-order chi connectivity index (χ0) is 12.5. The summed E-state index contributed by atoms with van der Waals surface area (Å²) in [7, 11) is 0. The lowest BCUT2D eigenvalue weighted by atomic mass is 10.0. The summed E-state index contributed by atoms with van der Waals surface area (Å²) in [4.78, 5) is 0. The van der Waals surface area contributed by atoms with E-state index in [-0.39, 0.29) is 0 Å². The number of halogens is 2. The van der Waals surface area contributed by atoms with Crippen molar-refractivity contribution >= 4 is 49.3 Å². The van der Waals surface area contributed by atoms with Crippen molar-refractivity contribution in [1.29, 1.82) is 0 Å². The van der Waals surface area contributed by atoms with Gasteiger partial charge in [0.25, 0.3) is 0 Å². The second kappa shape index (κ2) is 5.02. The molecule has 0 radical (unpaired) electrons. The highest BCUT2D eigenvalue weighted by atomic mass is 127. The van der Waals surface area contributed by atoms with Crippen molar-refractivity contribution in [2.75, 3.05) is 0 Å². The third-order valence-electron chi connectivity index (χ3n) is 3.00. The van der Waals surface area contributed by atoms with E-state index >= 15 is 0 Å². The predicted octanol–water partition coefficient (Wildman–Crippen LogP) is 5.87. The molecule has 0 aliphatic rings. The van der Waals surface area contributed by atoms with E-state index in [1.807, 2.05) is 0 Å². The Morgan fingerprint density at radius 2 is 1.39 bits per heavy atom. The van der Waals surface area contributed by atoms with Crippen LogP contribution in [0.3, 0.4) is 0 Å². The lowest BCUT2D eigenvalue weighted by molar-refractivity contribution is 1.56. The van der Waals surface area contributed by atoms with Crippen LogP contribution in [0.2, 0.25) is 0 Å². The molecule has 0 atom stereocenters. The summed E-state index contributed by atoms with van der Waals surface area (Å²) >= 11 is 5.91. The minimum Gasteiger partial charge on any atom is -0.0616 e. The molecule has 0 aliphatic heterocycles. The summed E-state index contributed by atoms with van der Waals surface area (Å²) in [6.45, 7) is 0. The Kier molecular flexibility index (Phi) is 3.39. The highest BCUT2D eigenvalue weighted by molar-refractivity contribution is 14.1. The summed E-state index contributed by atoms with van der Waals surface area (Å²) in [6, 6.07) is 21.5. The van der Waals surface area contributed by atoms with Gasteiger partial charge in [0.15, 0.2) is 0 Å². The fourth-order valence-electron chi connectivity index (χ4n) is 2.04. The van der Waals surface area contributed by atoms with Crippen molar-refractivity contribution in [1.82, 2.24) is 0 Å². The molecule has 0 aliphatic carbocycles. The van der Waals surface area contributed by atoms with Crippen LogP contribution in [0.15, 0.2) is 65.1 Å². The second-order valence-corrected chi connectivity index (χ2v) is 6.21. The largest absolute Gasteiger partial charge is 0.0616 e. The molecule has 3 aromatic rings. The van der Waals surface area contributed by atoms with E-state index in [2.05, 4.69) is 99.2 Å². The molecule has 0 N–H and O–H groups in total. The molecule has 18 heavy (non-hydrogen) atoms. The molecule has 0 bridgehead atoms. The van der Waals surface area contributed by atoms with E-state index < -0.39 is 0 Å². The molecule has 0 aromatic heterocycles. The van der Waals surface area contributed by atoms with E-state index in [0.717, 1.165) is 4.47 Å².